The van der Waals surface area contributed by atoms with Gasteiger partial charge in [-0.15, -0.1) is 11.8 Å². The summed E-state index contributed by atoms with van der Waals surface area (Å²) in [5, 5.41) is 0. The van der Waals surface area contributed by atoms with E-state index in [1.165, 1.54) is 4.31 Å². The van der Waals surface area contributed by atoms with Gasteiger partial charge in [-0.2, -0.15) is 25.4 Å². The van der Waals surface area contributed by atoms with E-state index in [-0.39, 0.29) is 62.6 Å². The summed E-state index contributed by atoms with van der Waals surface area (Å²) in [6, 6.07) is 0. The van der Waals surface area contributed by atoms with Crippen LogP contribution in [0, 0.1) is 29.6 Å². The Kier molecular flexibility index (Phi) is 20.5. The zero-order valence-corrected chi connectivity index (χ0v) is 34.7. The van der Waals surface area contributed by atoms with E-state index in [0.29, 0.717) is 35.8 Å². The highest BCUT2D eigenvalue weighted by molar-refractivity contribution is 7.88. The molecular formula is C26H43N7O15P4S2. The average Bonchev–Trinajstić information content (AvgIpc) is 3.77. The quantitative estimate of drug-likeness (QED) is 0.0584. The first kappa shape index (κ1) is 45.8. The van der Waals surface area contributed by atoms with Gasteiger partial charge >= 0.3 is 44.9 Å². The first-order valence-corrected chi connectivity index (χ1v) is 21.8. The molecule has 0 aromatic heterocycles. The lowest BCUT2D eigenvalue weighted by Gasteiger charge is -2.33. The number of piperazine rings is 1. The Hall–Kier alpha value is -2.56. The van der Waals surface area contributed by atoms with Gasteiger partial charge in [0.05, 0.1) is 19.8 Å². The summed E-state index contributed by atoms with van der Waals surface area (Å²) < 4.78 is 97.8. The molecule has 1 aliphatic heterocycles. The maximum absolute atomic E-state index is 12.8. The van der Waals surface area contributed by atoms with E-state index < -0.39 is 71.2 Å². The number of hydrogen-bond acceptors (Lipinski definition) is 18. The van der Waals surface area contributed by atoms with Crippen LogP contribution < -0.4 is 9.44 Å². The zero-order chi connectivity index (χ0) is 39.4. The van der Waals surface area contributed by atoms with Gasteiger partial charge in [-0.1, -0.05) is 0 Å². The molecule has 304 valence electrons. The van der Waals surface area contributed by atoms with Crippen LogP contribution in [-0.4, -0.2) is 140 Å². The Morgan fingerprint density at radius 3 is 1.85 bits per heavy atom. The van der Waals surface area contributed by atoms with Gasteiger partial charge in [-0.05, 0) is 49.4 Å². The topological polar surface area (TPSA) is 260 Å². The van der Waals surface area contributed by atoms with E-state index in [1.54, 1.807) is 4.72 Å². The lowest BCUT2D eigenvalue weighted by molar-refractivity contribution is 0.0562. The maximum atomic E-state index is 12.8. The van der Waals surface area contributed by atoms with Gasteiger partial charge in [-0.25, -0.2) is 37.7 Å². The van der Waals surface area contributed by atoms with Crippen LogP contribution in [0.4, 0.5) is 19.2 Å². The van der Waals surface area contributed by atoms with Crippen molar-refractivity contribution < 1.29 is 68.7 Å². The molecule has 1 saturated heterocycles. The molecule has 2 aliphatic carbocycles. The van der Waals surface area contributed by atoms with Crippen molar-refractivity contribution in [1.82, 2.24) is 23.0 Å². The summed E-state index contributed by atoms with van der Waals surface area (Å²) >= 11 is 0. The first-order chi connectivity index (χ1) is 25.9. The molecule has 54 heavy (non-hydrogen) atoms. The molecule has 1 heterocycles. The van der Waals surface area contributed by atoms with Crippen molar-refractivity contribution in [3.8, 4) is 11.8 Å². The molecule has 0 radical (unpaired) electrons. The molecule has 3 rings (SSSR count). The number of hydrogen-bond donors (Lipinski definition) is 2. The lowest BCUT2D eigenvalue weighted by atomic mass is 10.1. The smallest absolute Gasteiger partial charge is 0.449 e. The molecule has 5 atom stereocenters. The molecule has 0 spiro atoms. The largest absolute Gasteiger partial charge is 0.518 e. The molecule has 0 aromatic carbocycles. The van der Waals surface area contributed by atoms with Gasteiger partial charge in [0.15, 0.2) is 0 Å². The molecule has 22 nitrogen and oxygen atoms in total. The van der Waals surface area contributed by atoms with E-state index in [4.69, 9.17) is 23.7 Å². The fraction of sp³-hybridized carbons (Fsp3) is 0.769. The highest BCUT2D eigenvalue weighted by atomic mass is 32.2. The van der Waals surface area contributed by atoms with Crippen LogP contribution in [-0.2, 0) is 53.2 Å². The molecule has 0 aromatic rings. The summed E-state index contributed by atoms with van der Waals surface area (Å²) in [6.45, 7) is -0.466. The number of nitrogens with zero attached hydrogens (tertiary/aromatic N) is 5. The number of rotatable bonds is 20. The fourth-order valence-electron chi connectivity index (χ4n) is 5.52. The second-order valence-corrected chi connectivity index (χ2v) is 17.3. The number of amides is 2. The normalized spacial score (nSPS) is 20.5. The molecular weight excluding hydrogens is 838 g/mol. The number of fused-ring (bicyclic) bond motifs is 1. The summed E-state index contributed by atoms with van der Waals surface area (Å²) in [7, 11) is -4.85. The van der Waals surface area contributed by atoms with Gasteiger partial charge in [0.25, 0.3) is 17.2 Å². The monoisotopic (exact) mass is 881 g/mol. The third-order valence-corrected chi connectivity index (χ3v) is 12.3. The number of nitrogens with one attached hydrogen (secondary N) is 2. The summed E-state index contributed by atoms with van der Waals surface area (Å²) in [5.74, 6) is 7.41. The highest BCUT2D eigenvalue weighted by Gasteiger charge is 2.49. The molecule has 3 aliphatic rings. The second-order valence-electron chi connectivity index (χ2n) is 11.4. The molecule has 2 fully saturated rings. The maximum Gasteiger partial charge on any atom is 0.518 e. The Morgan fingerprint density at radius 2 is 1.30 bits per heavy atom. The third-order valence-electron chi connectivity index (χ3n) is 8.14. The van der Waals surface area contributed by atoms with Crippen molar-refractivity contribution in [2.75, 3.05) is 85.5 Å². The van der Waals surface area contributed by atoms with Gasteiger partial charge in [-0.3, -0.25) is 4.90 Å². The minimum absolute atomic E-state index is 0.0646. The predicted octanol–water partition coefficient (Wildman–Crippen LogP) is 2.28. The molecule has 2 N–H and O–H groups in total. The molecule has 3 unspecified atom stereocenters. The summed E-state index contributed by atoms with van der Waals surface area (Å²) in [5.41, 5.74) is 0. The van der Waals surface area contributed by atoms with Crippen molar-refractivity contribution in [1.29, 1.82) is 0 Å². The highest BCUT2D eigenvalue weighted by Crippen LogP contribution is 2.52. The zero-order valence-electron chi connectivity index (χ0n) is 29.0. The van der Waals surface area contributed by atoms with Crippen LogP contribution >= 0.6 is 36.0 Å². The van der Waals surface area contributed by atoms with Crippen LogP contribution in [0.1, 0.15) is 25.7 Å². The summed E-state index contributed by atoms with van der Waals surface area (Å²) in [6.07, 6.45) is -0.993. The molecule has 1 saturated carbocycles. The van der Waals surface area contributed by atoms with Gasteiger partial charge in [0.1, 0.15) is 19.8 Å². The number of carbonyl (C=O) groups excluding carboxylic acids is 4. The third kappa shape index (κ3) is 17.1. The van der Waals surface area contributed by atoms with Crippen molar-refractivity contribution in [2.24, 2.45) is 26.8 Å². The Morgan fingerprint density at radius 1 is 0.741 bits per heavy atom. The van der Waals surface area contributed by atoms with Crippen molar-refractivity contribution >= 4 is 80.9 Å². The van der Waals surface area contributed by atoms with Crippen LogP contribution in [0.25, 0.3) is 0 Å². The number of carbonyl (C=O) groups is 4. The van der Waals surface area contributed by atoms with Gasteiger partial charge in [0, 0.05) is 58.7 Å². The summed E-state index contributed by atoms with van der Waals surface area (Å²) in [4.78, 5) is 49.5. The standard InChI is InChI=1S/C26H43N7O15P4S2/c34-23(27-54(40,41)33(12-15-44-25(36)47-51-29-49)13-16-45-26(37)48-52-30-50)43-18-17-42-14-11-31-7-9-32(10-8-31)53(38,39)28-24(35)46-19-22-20-5-3-1-2-4-6-21(20)22/h20-22H,3-19,49-50H2,(H,27,34)(H,28,35)/t20-,21+,22?. The van der Waals surface area contributed by atoms with E-state index in [9.17, 15) is 36.0 Å². The minimum atomic E-state index is -4.58. The molecule has 2 amide bonds. The van der Waals surface area contributed by atoms with Crippen LogP contribution in [0.5, 0.6) is 0 Å². The van der Waals surface area contributed by atoms with Gasteiger partial charge in [0.2, 0.25) is 0 Å². The van der Waals surface area contributed by atoms with Crippen LogP contribution in [0.2, 0.25) is 0 Å². The minimum Gasteiger partial charge on any atom is -0.449 e. The van der Waals surface area contributed by atoms with E-state index in [1.807, 2.05) is 28.4 Å². The Labute approximate surface area is 321 Å². The van der Waals surface area contributed by atoms with Crippen molar-refractivity contribution in [3.05, 3.63) is 0 Å². The fourth-order valence-corrected chi connectivity index (χ4v) is 8.20. The van der Waals surface area contributed by atoms with Crippen molar-refractivity contribution in [3.63, 3.8) is 0 Å². The van der Waals surface area contributed by atoms with Crippen LogP contribution in [0.3, 0.4) is 0 Å². The molecule has 28 heteroatoms. The van der Waals surface area contributed by atoms with E-state index in [0.717, 1.165) is 25.7 Å². The van der Waals surface area contributed by atoms with Crippen LogP contribution in [0.15, 0.2) is 9.03 Å². The Bertz CT molecular complexity index is 1560. The first-order valence-electron chi connectivity index (χ1n) is 16.4. The Balaban J connectivity index is 1.30. The second kappa shape index (κ2) is 24.2. The van der Waals surface area contributed by atoms with Crippen molar-refractivity contribution in [2.45, 2.75) is 25.7 Å². The van der Waals surface area contributed by atoms with E-state index in [2.05, 4.69) is 29.9 Å². The average molecular weight is 882 g/mol. The predicted molar refractivity (Wildman–Crippen MR) is 197 cm³/mol. The number of ether oxygens (including phenoxy) is 5. The molecule has 0 bridgehead atoms. The van der Waals surface area contributed by atoms with Gasteiger partial charge < -0.3 is 32.7 Å². The lowest BCUT2D eigenvalue weighted by Crippen LogP contribution is -2.53. The SMILES string of the molecule is O=C(NS(=O)(=O)N(CCOC(=O)OP=NP)CCOC(=O)OP=NP)OCCOCCN1CCN(S(=O)(=O)NC(=O)OCC2[C@H]3CCC#CCC[C@@H]23)CC1. The van der Waals surface area contributed by atoms with E-state index >= 15 is 0 Å².